The largest absolute Gasteiger partial charge is 0.493 e. The van der Waals surface area contributed by atoms with Gasteiger partial charge in [0.1, 0.15) is 18.7 Å². The minimum Gasteiger partial charge on any atom is -0.493 e. The quantitative estimate of drug-likeness (QED) is 0.668. The van der Waals surface area contributed by atoms with E-state index in [1.807, 2.05) is 0 Å². The van der Waals surface area contributed by atoms with Gasteiger partial charge in [0, 0.05) is 24.8 Å². The molecule has 2 aromatic heterocycles. The van der Waals surface area contributed by atoms with E-state index < -0.39 is 0 Å². The number of nitrogens with zero attached hydrogens (tertiary/aromatic N) is 5. The summed E-state index contributed by atoms with van der Waals surface area (Å²) in [7, 11) is 3.12. The van der Waals surface area contributed by atoms with Crippen LogP contribution < -0.4 is 19.7 Å². The number of piperidine rings is 1. The summed E-state index contributed by atoms with van der Waals surface area (Å²) in [5.41, 5.74) is 1.27. The van der Waals surface area contributed by atoms with Crippen LogP contribution in [0.25, 0.3) is 11.0 Å². The second-order valence-corrected chi connectivity index (χ2v) is 7.52. The summed E-state index contributed by atoms with van der Waals surface area (Å²) in [5, 5.41) is 8.12. The van der Waals surface area contributed by atoms with Crippen LogP contribution in [-0.2, 0) is 11.3 Å². The Balaban J connectivity index is 1.50. The van der Waals surface area contributed by atoms with Gasteiger partial charge in [0.2, 0.25) is 5.91 Å². The molecule has 3 aromatic rings. The Labute approximate surface area is 175 Å². The average molecular weight is 410 g/mol. The van der Waals surface area contributed by atoms with Crippen molar-refractivity contribution in [2.75, 3.05) is 37.5 Å². The molecule has 1 aliphatic heterocycles. The normalized spacial score (nSPS) is 14.7. The van der Waals surface area contributed by atoms with Crippen molar-refractivity contribution in [1.82, 2.24) is 19.7 Å². The van der Waals surface area contributed by atoms with Crippen LogP contribution in [-0.4, -0.2) is 53.0 Å². The van der Waals surface area contributed by atoms with Gasteiger partial charge < -0.3 is 19.7 Å². The summed E-state index contributed by atoms with van der Waals surface area (Å²) < 4.78 is 12.1. The van der Waals surface area contributed by atoms with Gasteiger partial charge in [-0.25, -0.2) is 14.6 Å². The van der Waals surface area contributed by atoms with Crippen LogP contribution in [0.15, 0.2) is 30.7 Å². The van der Waals surface area contributed by atoms with Crippen molar-refractivity contribution < 1.29 is 14.3 Å². The molecule has 0 radical (unpaired) electrons. The topological polar surface area (TPSA) is 94.4 Å². The van der Waals surface area contributed by atoms with Crippen LogP contribution in [0.1, 0.15) is 19.8 Å². The Morgan fingerprint density at radius 1 is 1.17 bits per heavy atom. The zero-order chi connectivity index (χ0) is 21.1. The molecular weight excluding hydrogens is 384 g/mol. The Bertz CT molecular complexity index is 1040. The standard InChI is InChI=1S/C21H26N6O3/c1-14-6-8-26(9-7-14)20-16-11-24-27(21(16)23-13-22-20)12-19(28)25-15-4-5-17(29-2)18(10-15)30-3/h4-5,10-11,13-14H,6-9,12H2,1-3H3,(H,25,28). The third-order valence-corrected chi connectivity index (χ3v) is 5.46. The van der Waals surface area contributed by atoms with Gasteiger partial charge in [0.15, 0.2) is 17.1 Å². The van der Waals surface area contributed by atoms with Crippen molar-refractivity contribution in [1.29, 1.82) is 0 Å². The number of hydrogen-bond donors (Lipinski definition) is 1. The molecule has 9 nitrogen and oxygen atoms in total. The monoisotopic (exact) mass is 410 g/mol. The zero-order valence-corrected chi connectivity index (χ0v) is 17.5. The number of hydrogen-bond acceptors (Lipinski definition) is 7. The second kappa shape index (κ2) is 8.56. The van der Waals surface area contributed by atoms with Gasteiger partial charge in [-0.3, -0.25) is 4.79 Å². The van der Waals surface area contributed by atoms with Crippen molar-refractivity contribution in [2.45, 2.75) is 26.3 Å². The van der Waals surface area contributed by atoms with Crippen LogP contribution in [0.2, 0.25) is 0 Å². The summed E-state index contributed by atoms with van der Waals surface area (Å²) >= 11 is 0. The zero-order valence-electron chi connectivity index (χ0n) is 17.5. The van der Waals surface area contributed by atoms with Crippen molar-refractivity contribution in [2.24, 2.45) is 5.92 Å². The van der Waals surface area contributed by atoms with E-state index in [9.17, 15) is 4.79 Å². The molecule has 0 bridgehead atoms. The van der Waals surface area contributed by atoms with Gasteiger partial charge >= 0.3 is 0 Å². The first kappa shape index (κ1) is 19.9. The van der Waals surface area contributed by atoms with Crippen LogP contribution in [0.3, 0.4) is 0 Å². The Morgan fingerprint density at radius 2 is 1.93 bits per heavy atom. The van der Waals surface area contributed by atoms with Crippen LogP contribution in [0.5, 0.6) is 11.5 Å². The number of benzene rings is 1. The lowest BCUT2D eigenvalue weighted by molar-refractivity contribution is -0.116. The predicted molar refractivity (Wildman–Crippen MR) is 114 cm³/mol. The smallest absolute Gasteiger partial charge is 0.246 e. The fourth-order valence-electron chi connectivity index (χ4n) is 3.72. The highest BCUT2D eigenvalue weighted by molar-refractivity contribution is 5.93. The SMILES string of the molecule is COc1ccc(NC(=O)Cn2ncc3c(N4CCC(C)CC4)ncnc32)cc1OC. The number of carbonyl (C=O) groups excluding carboxylic acids is 1. The lowest BCUT2D eigenvalue weighted by atomic mass is 9.99. The van der Waals surface area contributed by atoms with Gasteiger partial charge in [-0.05, 0) is 30.9 Å². The third kappa shape index (κ3) is 4.00. The highest BCUT2D eigenvalue weighted by Crippen LogP contribution is 2.30. The Morgan fingerprint density at radius 3 is 2.67 bits per heavy atom. The number of carbonyl (C=O) groups is 1. The molecule has 1 amide bonds. The number of fused-ring (bicyclic) bond motifs is 1. The van der Waals surface area contributed by atoms with E-state index in [0.29, 0.717) is 22.8 Å². The molecule has 0 saturated carbocycles. The Hall–Kier alpha value is -3.36. The van der Waals surface area contributed by atoms with Crippen molar-refractivity contribution >= 4 is 28.4 Å². The van der Waals surface area contributed by atoms with E-state index >= 15 is 0 Å². The first-order valence-electron chi connectivity index (χ1n) is 10.0. The summed E-state index contributed by atoms with van der Waals surface area (Å²) in [5.74, 6) is 2.57. The maximum absolute atomic E-state index is 12.6. The van der Waals surface area contributed by atoms with Crippen LogP contribution in [0.4, 0.5) is 11.5 Å². The molecule has 1 aromatic carbocycles. The first-order valence-corrected chi connectivity index (χ1v) is 10.0. The van der Waals surface area contributed by atoms with Crippen molar-refractivity contribution in [3.8, 4) is 11.5 Å². The second-order valence-electron chi connectivity index (χ2n) is 7.52. The first-order chi connectivity index (χ1) is 14.6. The Kier molecular flexibility index (Phi) is 5.69. The number of nitrogens with one attached hydrogen (secondary N) is 1. The number of methoxy groups -OCH3 is 2. The summed E-state index contributed by atoms with van der Waals surface area (Å²) in [6.45, 7) is 4.27. The van der Waals surface area contributed by atoms with E-state index in [4.69, 9.17) is 9.47 Å². The number of amides is 1. The molecule has 1 aliphatic rings. The van der Waals surface area contributed by atoms with E-state index in [-0.39, 0.29) is 12.5 Å². The molecule has 1 N–H and O–H groups in total. The average Bonchev–Trinajstić information content (AvgIpc) is 3.17. The van der Waals surface area contributed by atoms with Gasteiger partial charge in [0.05, 0.1) is 25.8 Å². The molecule has 9 heteroatoms. The van der Waals surface area contributed by atoms with Gasteiger partial charge in [-0.1, -0.05) is 6.92 Å². The molecule has 158 valence electrons. The van der Waals surface area contributed by atoms with Crippen LogP contribution >= 0.6 is 0 Å². The fourth-order valence-corrected chi connectivity index (χ4v) is 3.72. The van der Waals surface area contributed by atoms with Crippen molar-refractivity contribution in [3.05, 3.63) is 30.7 Å². The van der Waals surface area contributed by atoms with Gasteiger partial charge in [0.25, 0.3) is 0 Å². The number of aromatic nitrogens is 4. The van der Waals surface area contributed by atoms with E-state index in [0.717, 1.165) is 43.1 Å². The molecule has 1 saturated heterocycles. The molecule has 3 heterocycles. The van der Waals surface area contributed by atoms with Gasteiger partial charge in [-0.15, -0.1) is 0 Å². The number of ether oxygens (including phenoxy) is 2. The lowest BCUT2D eigenvalue weighted by Gasteiger charge is -2.31. The van der Waals surface area contributed by atoms with Gasteiger partial charge in [-0.2, -0.15) is 5.10 Å². The number of rotatable bonds is 6. The summed E-state index contributed by atoms with van der Waals surface area (Å²) in [6.07, 6.45) is 5.58. The minimum absolute atomic E-state index is 0.0470. The van der Waals surface area contributed by atoms with E-state index in [1.54, 1.807) is 49.6 Å². The van der Waals surface area contributed by atoms with E-state index in [1.165, 1.54) is 0 Å². The molecule has 0 atom stereocenters. The van der Waals surface area contributed by atoms with Crippen LogP contribution in [0, 0.1) is 5.92 Å². The third-order valence-electron chi connectivity index (χ3n) is 5.46. The highest BCUT2D eigenvalue weighted by atomic mass is 16.5. The molecule has 0 spiro atoms. The molecule has 0 unspecified atom stereocenters. The highest BCUT2D eigenvalue weighted by Gasteiger charge is 2.21. The maximum atomic E-state index is 12.6. The van der Waals surface area contributed by atoms with Crippen molar-refractivity contribution in [3.63, 3.8) is 0 Å². The predicted octanol–water partition coefficient (Wildman–Crippen LogP) is 2.72. The molecule has 4 rings (SSSR count). The summed E-state index contributed by atoms with van der Waals surface area (Å²) in [4.78, 5) is 23.7. The molecular formula is C21H26N6O3. The molecule has 0 aliphatic carbocycles. The maximum Gasteiger partial charge on any atom is 0.246 e. The molecule has 30 heavy (non-hydrogen) atoms. The summed E-state index contributed by atoms with van der Waals surface area (Å²) in [6, 6.07) is 5.23. The fraction of sp³-hybridized carbons (Fsp3) is 0.429. The van der Waals surface area contributed by atoms with E-state index in [2.05, 4.69) is 32.2 Å². The molecule has 1 fully saturated rings. The lowest BCUT2D eigenvalue weighted by Crippen LogP contribution is -2.33. The minimum atomic E-state index is -0.209. The number of anilines is 2.